The molecular weight excluding hydrogens is 1680 g/mol. The van der Waals surface area contributed by atoms with Crippen LogP contribution in [0.2, 0.25) is 0 Å². The molecule has 0 amide bonds. The summed E-state index contributed by atoms with van der Waals surface area (Å²) in [6.45, 7) is 0. The lowest BCUT2D eigenvalue weighted by molar-refractivity contribution is 0.809. The van der Waals surface area contributed by atoms with Gasteiger partial charge in [-0.1, -0.05) is 376 Å². The van der Waals surface area contributed by atoms with Gasteiger partial charge in [0, 0.05) is 109 Å². The monoisotopic (exact) mass is 1760 g/mol. The van der Waals surface area contributed by atoms with Gasteiger partial charge in [0.2, 0.25) is 0 Å². The summed E-state index contributed by atoms with van der Waals surface area (Å²) in [5, 5.41) is 4.95. The van der Waals surface area contributed by atoms with Crippen LogP contribution in [0.4, 0.5) is 68.2 Å². The zero-order valence-electron chi connectivity index (χ0n) is 74.1. The molecular formula is C130H84N4S2. The van der Waals surface area contributed by atoms with Crippen LogP contribution >= 0.6 is 22.7 Å². The fraction of sp³-hybridized carbons (Fsp3) is 0.0154. The average molecular weight is 1770 g/mol. The Morgan fingerprint density at radius 2 is 0.441 bits per heavy atom. The summed E-state index contributed by atoms with van der Waals surface area (Å²) >= 11 is 3.90. The van der Waals surface area contributed by atoms with Crippen LogP contribution in [0.5, 0.6) is 0 Å². The second kappa shape index (κ2) is 31.9. The Morgan fingerprint density at radius 1 is 0.162 bits per heavy atom. The molecule has 4 aliphatic rings. The number of nitrogens with zero attached hydrogens (tertiary/aromatic N) is 4. The van der Waals surface area contributed by atoms with Crippen LogP contribution in [-0.2, 0) is 10.8 Å². The molecule has 0 aliphatic heterocycles. The second-order valence-corrected chi connectivity index (χ2v) is 38.1. The van der Waals surface area contributed by atoms with Gasteiger partial charge in [0.05, 0.1) is 33.6 Å². The van der Waals surface area contributed by atoms with Crippen LogP contribution in [-0.4, -0.2) is 0 Å². The summed E-state index contributed by atoms with van der Waals surface area (Å²) in [5.41, 5.74) is 41.1. The molecule has 0 fully saturated rings. The maximum Gasteiger partial charge on any atom is 0.0860 e. The fourth-order valence-electron chi connectivity index (χ4n) is 23.0. The summed E-state index contributed by atoms with van der Waals surface area (Å²) in [7, 11) is 0. The number of para-hydroxylation sites is 3. The van der Waals surface area contributed by atoms with Crippen molar-refractivity contribution in [3.63, 3.8) is 0 Å². The number of benzene rings is 21. The number of fused-ring (bicyclic) bond motifs is 25. The molecule has 21 aromatic carbocycles. The number of thiophene rings is 2. The molecule has 23 aromatic rings. The van der Waals surface area contributed by atoms with Crippen LogP contribution in [0.1, 0.15) is 43.1 Å². The Kier molecular flexibility index (Phi) is 18.5. The lowest BCUT2D eigenvalue weighted by Gasteiger charge is -2.38. The van der Waals surface area contributed by atoms with Gasteiger partial charge in [0.15, 0.2) is 0 Å². The van der Waals surface area contributed by atoms with Crippen molar-refractivity contribution < 1.29 is 0 Å². The second-order valence-electron chi connectivity index (χ2n) is 35.9. The third-order valence-corrected chi connectivity index (χ3v) is 31.4. The Bertz CT molecular complexity index is 8610. The van der Waals surface area contributed by atoms with Gasteiger partial charge in [-0.2, -0.15) is 0 Å². The van der Waals surface area contributed by atoms with Crippen molar-refractivity contribution >= 4 is 122 Å². The van der Waals surface area contributed by atoms with Crippen molar-refractivity contribution in [2.24, 2.45) is 0 Å². The molecule has 0 saturated carbocycles. The quantitative estimate of drug-likeness (QED) is 0.0901. The summed E-state index contributed by atoms with van der Waals surface area (Å²) in [6.07, 6.45) is 0. The molecule has 636 valence electrons. The third kappa shape index (κ3) is 12.2. The summed E-state index contributed by atoms with van der Waals surface area (Å²) in [5.74, 6) is 0. The number of hydrogen-bond acceptors (Lipinski definition) is 6. The van der Waals surface area contributed by atoms with Gasteiger partial charge in [-0.05, 0) is 245 Å². The Labute approximate surface area is 799 Å². The minimum atomic E-state index is -0.757. The van der Waals surface area contributed by atoms with E-state index in [1.807, 2.05) is 22.7 Å². The number of hydrogen-bond donors (Lipinski definition) is 0. The highest BCUT2D eigenvalue weighted by molar-refractivity contribution is 7.20. The summed E-state index contributed by atoms with van der Waals surface area (Å²) in [6, 6.07) is 190. The lowest BCUT2D eigenvalue weighted by atomic mass is 9.72. The van der Waals surface area contributed by atoms with Gasteiger partial charge < -0.3 is 19.6 Å². The van der Waals surface area contributed by atoms with E-state index in [1.54, 1.807) is 0 Å². The molecule has 2 aromatic heterocycles. The SMILES string of the molecule is c1ccc(-c2ccc(N(c3ccccc3)c3ccc4c(c3)C3(c5ccccc5-4)c4sc5ccccc5c4-c4cccc(N(c5ccc(-c6ccccc6)cc5)c5ccc(-c6ccc(-c7ccc(-c8ccc(N(c9ccccc9)c9cccc%10c9C9(c%11ccccc%11-%10)c%10sc%11ccccc%11c%10-c%10cccc(N(c%11ccccc%11)c%11cccc%12ccccc%11%12)c%109)cc8)cc7)cc6)cc5)c43)cc2)cc1. The molecule has 2 spiro atoms. The first-order valence-electron chi connectivity index (χ1n) is 46.8. The molecule has 0 radical (unpaired) electrons. The maximum absolute atomic E-state index is 2.54. The number of anilines is 12. The van der Waals surface area contributed by atoms with Crippen LogP contribution in [0.15, 0.2) is 510 Å². The van der Waals surface area contributed by atoms with Crippen molar-refractivity contribution in [2.75, 3.05) is 19.6 Å². The fourth-order valence-corrected chi connectivity index (χ4v) is 25.9. The van der Waals surface area contributed by atoms with Gasteiger partial charge in [-0.15, -0.1) is 22.7 Å². The Balaban J connectivity index is 0.536. The highest BCUT2D eigenvalue weighted by Crippen LogP contribution is 2.72. The van der Waals surface area contributed by atoms with Gasteiger partial charge in [-0.25, -0.2) is 0 Å². The molecule has 6 heteroatoms. The predicted octanol–water partition coefficient (Wildman–Crippen LogP) is 36.2. The van der Waals surface area contributed by atoms with Crippen molar-refractivity contribution in [1.82, 2.24) is 0 Å². The van der Waals surface area contributed by atoms with Gasteiger partial charge >= 0.3 is 0 Å². The molecule has 27 rings (SSSR count). The minimum Gasteiger partial charge on any atom is -0.310 e. The minimum absolute atomic E-state index is 0.727. The van der Waals surface area contributed by atoms with E-state index in [1.165, 1.54) is 141 Å². The van der Waals surface area contributed by atoms with E-state index < -0.39 is 10.8 Å². The first-order valence-corrected chi connectivity index (χ1v) is 48.5. The molecule has 4 aliphatic carbocycles. The van der Waals surface area contributed by atoms with Crippen LogP contribution in [0.3, 0.4) is 0 Å². The van der Waals surface area contributed by atoms with E-state index in [9.17, 15) is 0 Å². The third-order valence-electron chi connectivity index (χ3n) is 28.8. The van der Waals surface area contributed by atoms with E-state index in [4.69, 9.17) is 0 Å². The molecule has 0 saturated heterocycles. The predicted molar refractivity (Wildman–Crippen MR) is 573 cm³/mol. The summed E-state index contributed by atoms with van der Waals surface area (Å²) in [4.78, 5) is 12.7. The number of rotatable bonds is 17. The highest BCUT2D eigenvalue weighted by atomic mass is 32.1. The average Bonchev–Trinajstić information content (AvgIpc) is 1.49. The smallest absolute Gasteiger partial charge is 0.0860 e. The molecule has 0 N–H and O–H groups in total. The summed E-state index contributed by atoms with van der Waals surface area (Å²) < 4.78 is 2.57. The standard InChI is InChI=1S/C130H84N4S2/c1-6-30-85(31-7-1)91-66-74-99(75-67-91)131(96-36-10-3-11-37-96)103-82-83-107-105-43-18-22-50-113(105)129(115(107)84-103)125-111(122-109-45-20-24-56-120(109)135-127(122)129)48-28-54-118(125)133(101-76-68-92(69-77-101)86-32-8-2-9-33-86)102-80-72-94(73-81-102)90-64-60-88(61-65-90)87-58-62-89(63-59-87)93-70-78-100(79-71-93)132(97-38-12-4-13-39-97)117-53-27-47-108-106-44-19-23-51-114(106)130(124(108)117)126-112(123-110-46-21-25-57-121(110)136-128(123)130)49-29-55-119(126)134(98-40-14-5-15-41-98)116-52-26-35-95-34-16-17-42-104(95)116/h1-84H. The molecule has 0 bridgehead atoms. The molecule has 2 heterocycles. The van der Waals surface area contributed by atoms with Gasteiger partial charge in [0.1, 0.15) is 0 Å². The van der Waals surface area contributed by atoms with Crippen molar-refractivity contribution in [3.05, 3.63) is 553 Å². The molecule has 4 nitrogen and oxygen atoms in total. The zero-order chi connectivity index (χ0) is 89.5. The van der Waals surface area contributed by atoms with E-state index in [0.717, 1.165) is 102 Å². The maximum atomic E-state index is 2.54. The first kappa shape index (κ1) is 78.8. The molecule has 136 heavy (non-hydrogen) atoms. The van der Waals surface area contributed by atoms with E-state index >= 15 is 0 Å². The zero-order valence-corrected chi connectivity index (χ0v) is 75.7. The lowest BCUT2D eigenvalue weighted by Crippen LogP contribution is -2.29. The highest BCUT2D eigenvalue weighted by Gasteiger charge is 2.58. The Hall–Kier alpha value is -17.0. The van der Waals surface area contributed by atoms with Crippen molar-refractivity contribution in [3.8, 4) is 100 Å². The van der Waals surface area contributed by atoms with Crippen LogP contribution < -0.4 is 19.6 Å². The van der Waals surface area contributed by atoms with E-state index in [-0.39, 0.29) is 0 Å². The van der Waals surface area contributed by atoms with Crippen LogP contribution in [0.25, 0.3) is 131 Å². The van der Waals surface area contributed by atoms with Crippen molar-refractivity contribution in [2.45, 2.75) is 10.8 Å². The normalized spacial score (nSPS) is 14.2. The molecule has 2 unspecified atom stereocenters. The molecule has 2 atom stereocenters. The topological polar surface area (TPSA) is 13.0 Å². The van der Waals surface area contributed by atoms with E-state index in [2.05, 4.69) is 529 Å². The van der Waals surface area contributed by atoms with E-state index in [0.29, 0.717) is 0 Å². The van der Waals surface area contributed by atoms with Gasteiger partial charge in [-0.3, -0.25) is 0 Å². The van der Waals surface area contributed by atoms with Gasteiger partial charge in [0.25, 0.3) is 0 Å². The van der Waals surface area contributed by atoms with Crippen molar-refractivity contribution in [1.29, 1.82) is 0 Å². The Morgan fingerprint density at radius 3 is 0.912 bits per heavy atom. The largest absolute Gasteiger partial charge is 0.310 e. The van der Waals surface area contributed by atoms with Crippen LogP contribution in [0, 0.1) is 0 Å². The first-order chi connectivity index (χ1) is 67.5.